The van der Waals surface area contributed by atoms with Crippen LogP contribution in [0.15, 0.2) is 23.6 Å². The van der Waals surface area contributed by atoms with Gasteiger partial charge in [-0.1, -0.05) is 19.1 Å². The van der Waals surface area contributed by atoms with Gasteiger partial charge in [0.2, 0.25) is 0 Å². The van der Waals surface area contributed by atoms with Crippen LogP contribution in [0, 0.1) is 0 Å². The molecule has 0 radical (unpaired) electrons. The lowest BCUT2D eigenvalue weighted by Gasteiger charge is -2.17. The Morgan fingerprint density at radius 1 is 1.35 bits per heavy atom. The van der Waals surface area contributed by atoms with Crippen molar-refractivity contribution in [2.45, 2.75) is 26.3 Å². The highest BCUT2D eigenvalue weighted by molar-refractivity contribution is 7.09. The van der Waals surface area contributed by atoms with Crippen LogP contribution >= 0.6 is 11.3 Å². The van der Waals surface area contributed by atoms with Gasteiger partial charge >= 0.3 is 0 Å². The molecule has 0 spiro atoms. The zero-order valence-corrected chi connectivity index (χ0v) is 10.8. The third kappa shape index (κ3) is 2.13. The highest BCUT2D eigenvalue weighted by Gasteiger charge is 2.10. The molecule has 1 aliphatic rings. The minimum atomic E-state index is 0.994. The number of nitrogens with zero attached hydrogens (tertiary/aromatic N) is 1. The Morgan fingerprint density at radius 2 is 2.29 bits per heavy atom. The Labute approximate surface area is 106 Å². The molecule has 0 fully saturated rings. The molecule has 0 bridgehead atoms. The van der Waals surface area contributed by atoms with E-state index in [0.29, 0.717) is 0 Å². The van der Waals surface area contributed by atoms with Crippen molar-refractivity contribution in [3.63, 3.8) is 0 Å². The molecular formula is C14H16N2S. The molecule has 2 nitrogen and oxygen atoms in total. The van der Waals surface area contributed by atoms with E-state index in [1.807, 2.05) is 0 Å². The van der Waals surface area contributed by atoms with Gasteiger partial charge < -0.3 is 5.32 Å². The van der Waals surface area contributed by atoms with Gasteiger partial charge in [0.05, 0.1) is 10.7 Å². The molecule has 3 heteroatoms. The Morgan fingerprint density at radius 3 is 3.12 bits per heavy atom. The number of aromatic nitrogens is 1. The predicted molar refractivity (Wildman–Crippen MR) is 72.3 cm³/mol. The molecule has 2 aromatic rings. The molecule has 3 rings (SSSR count). The van der Waals surface area contributed by atoms with Gasteiger partial charge in [-0.15, -0.1) is 11.3 Å². The second kappa shape index (κ2) is 4.59. The predicted octanol–water partition coefficient (Wildman–Crippen LogP) is 3.02. The quantitative estimate of drug-likeness (QED) is 0.878. The minimum absolute atomic E-state index is 0.994. The smallest absolute Gasteiger partial charge is 0.0929 e. The minimum Gasteiger partial charge on any atom is -0.312 e. The van der Waals surface area contributed by atoms with Crippen molar-refractivity contribution in [2.75, 3.05) is 6.54 Å². The average Bonchev–Trinajstić information content (AvgIpc) is 2.87. The van der Waals surface area contributed by atoms with Crippen LogP contribution < -0.4 is 5.32 Å². The summed E-state index contributed by atoms with van der Waals surface area (Å²) in [6, 6.07) is 6.76. The standard InChI is InChI=1S/C14H16N2S/c1-2-14-16-13(9-17-14)11-4-3-10-5-6-15-8-12(10)7-11/h3-4,7,9,15H,2,5-6,8H2,1H3. The monoisotopic (exact) mass is 244 g/mol. The van der Waals surface area contributed by atoms with Crippen molar-refractivity contribution in [1.29, 1.82) is 0 Å². The summed E-state index contributed by atoms with van der Waals surface area (Å²) >= 11 is 1.76. The van der Waals surface area contributed by atoms with Crippen LogP contribution in [0.2, 0.25) is 0 Å². The molecule has 0 atom stereocenters. The fourth-order valence-electron chi connectivity index (χ4n) is 2.25. The first-order chi connectivity index (χ1) is 8.36. The molecule has 88 valence electrons. The molecule has 0 saturated carbocycles. The number of rotatable bonds is 2. The third-order valence-corrected chi connectivity index (χ3v) is 4.24. The van der Waals surface area contributed by atoms with Gasteiger partial charge in [-0.05, 0) is 36.6 Å². The number of aryl methyl sites for hydroxylation is 1. The van der Waals surface area contributed by atoms with Gasteiger partial charge in [-0.3, -0.25) is 0 Å². The van der Waals surface area contributed by atoms with Crippen LogP contribution in [0.3, 0.4) is 0 Å². The zero-order chi connectivity index (χ0) is 11.7. The topological polar surface area (TPSA) is 24.9 Å². The second-order valence-electron chi connectivity index (χ2n) is 4.39. The fraction of sp³-hybridized carbons (Fsp3) is 0.357. The number of fused-ring (bicyclic) bond motifs is 1. The summed E-state index contributed by atoms with van der Waals surface area (Å²) in [5, 5.41) is 6.80. The summed E-state index contributed by atoms with van der Waals surface area (Å²) in [6.45, 7) is 4.25. The molecule has 2 heterocycles. The van der Waals surface area contributed by atoms with Gasteiger partial charge in [0, 0.05) is 17.5 Å². The first-order valence-corrected chi connectivity index (χ1v) is 7.02. The van der Waals surface area contributed by atoms with Crippen molar-refractivity contribution >= 4 is 11.3 Å². The maximum Gasteiger partial charge on any atom is 0.0929 e. The molecule has 1 aromatic heterocycles. The van der Waals surface area contributed by atoms with Crippen molar-refractivity contribution in [1.82, 2.24) is 10.3 Å². The maximum absolute atomic E-state index is 4.65. The zero-order valence-electron chi connectivity index (χ0n) is 9.99. The van der Waals surface area contributed by atoms with Crippen molar-refractivity contribution < 1.29 is 0 Å². The van der Waals surface area contributed by atoms with Crippen molar-refractivity contribution in [3.05, 3.63) is 39.7 Å². The summed E-state index contributed by atoms with van der Waals surface area (Å²) in [5.41, 5.74) is 5.29. The van der Waals surface area contributed by atoms with Crippen molar-refractivity contribution in [3.8, 4) is 11.3 Å². The molecular weight excluding hydrogens is 228 g/mol. The van der Waals surface area contributed by atoms with E-state index >= 15 is 0 Å². The maximum atomic E-state index is 4.65. The molecule has 1 aliphatic heterocycles. The second-order valence-corrected chi connectivity index (χ2v) is 5.33. The van der Waals surface area contributed by atoms with E-state index < -0.39 is 0 Å². The van der Waals surface area contributed by atoms with E-state index in [-0.39, 0.29) is 0 Å². The van der Waals surface area contributed by atoms with Crippen LogP contribution in [-0.4, -0.2) is 11.5 Å². The lowest BCUT2D eigenvalue weighted by molar-refractivity contribution is 0.644. The highest BCUT2D eigenvalue weighted by atomic mass is 32.1. The summed E-state index contributed by atoms with van der Waals surface area (Å²) in [7, 11) is 0. The van der Waals surface area contributed by atoms with E-state index in [1.54, 1.807) is 11.3 Å². The van der Waals surface area contributed by atoms with Crippen LogP contribution in [0.25, 0.3) is 11.3 Å². The number of hydrogen-bond donors (Lipinski definition) is 1. The fourth-order valence-corrected chi connectivity index (χ4v) is 3.00. The molecule has 0 aliphatic carbocycles. The molecule has 17 heavy (non-hydrogen) atoms. The summed E-state index contributed by atoms with van der Waals surface area (Å²) in [5.74, 6) is 0. The first-order valence-electron chi connectivity index (χ1n) is 6.14. The number of hydrogen-bond acceptors (Lipinski definition) is 3. The van der Waals surface area contributed by atoms with E-state index in [1.165, 1.54) is 21.7 Å². The number of thiazole rings is 1. The van der Waals surface area contributed by atoms with E-state index in [0.717, 1.165) is 31.6 Å². The summed E-state index contributed by atoms with van der Waals surface area (Å²) in [6.07, 6.45) is 2.17. The van der Waals surface area contributed by atoms with Gasteiger partial charge in [0.1, 0.15) is 0 Å². The van der Waals surface area contributed by atoms with E-state index in [2.05, 4.69) is 40.8 Å². The molecule has 0 unspecified atom stereocenters. The van der Waals surface area contributed by atoms with Crippen LogP contribution in [0.1, 0.15) is 23.1 Å². The average molecular weight is 244 g/mol. The summed E-state index contributed by atoms with van der Waals surface area (Å²) in [4.78, 5) is 4.65. The van der Waals surface area contributed by atoms with Gasteiger partial charge in [0.25, 0.3) is 0 Å². The molecule has 0 amide bonds. The molecule has 0 saturated heterocycles. The Kier molecular flexibility index (Phi) is 2.95. The van der Waals surface area contributed by atoms with E-state index in [4.69, 9.17) is 0 Å². The Hall–Kier alpha value is -1.19. The van der Waals surface area contributed by atoms with Gasteiger partial charge in [0.15, 0.2) is 0 Å². The van der Waals surface area contributed by atoms with Crippen LogP contribution in [0.5, 0.6) is 0 Å². The van der Waals surface area contributed by atoms with Gasteiger partial charge in [-0.25, -0.2) is 4.98 Å². The third-order valence-electron chi connectivity index (χ3n) is 3.24. The largest absolute Gasteiger partial charge is 0.312 e. The number of benzene rings is 1. The molecule has 1 aromatic carbocycles. The SMILES string of the molecule is CCc1nc(-c2ccc3c(c2)CNCC3)cs1. The Balaban J connectivity index is 1.97. The molecule has 1 N–H and O–H groups in total. The lowest BCUT2D eigenvalue weighted by Crippen LogP contribution is -2.23. The lowest BCUT2D eigenvalue weighted by atomic mass is 9.98. The normalized spacial score (nSPS) is 14.6. The van der Waals surface area contributed by atoms with Gasteiger partial charge in [-0.2, -0.15) is 0 Å². The Bertz CT molecular complexity index is 531. The van der Waals surface area contributed by atoms with Crippen LogP contribution in [0.4, 0.5) is 0 Å². The van der Waals surface area contributed by atoms with Crippen LogP contribution in [-0.2, 0) is 19.4 Å². The highest BCUT2D eigenvalue weighted by Crippen LogP contribution is 2.25. The van der Waals surface area contributed by atoms with Crippen molar-refractivity contribution in [2.24, 2.45) is 0 Å². The first kappa shape index (κ1) is 10.9. The van der Waals surface area contributed by atoms with E-state index in [9.17, 15) is 0 Å². The summed E-state index contributed by atoms with van der Waals surface area (Å²) < 4.78 is 0. The number of nitrogens with one attached hydrogen (secondary N) is 1.